The van der Waals surface area contributed by atoms with E-state index in [9.17, 15) is 0 Å². The van der Waals surface area contributed by atoms with Crippen LogP contribution < -0.4 is 0 Å². The lowest BCUT2D eigenvalue weighted by atomic mass is 9.95. The smallest absolute Gasteiger partial charge is 0.0559 e. The van der Waals surface area contributed by atoms with Gasteiger partial charge in [-0.2, -0.15) is 0 Å². The number of aryl methyl sites for hydroxylation is 1. The maximum atomic E-state index is 6.08. The van der Waals surface area contributed by atoms with E-state index in [1.165, 1.54) is 22.3 Å². The molecule has 0 radical (unpaired) electrons. The van der Waals surface area contributed by atoms with E-state index in [0.717, 1.165) is 6.42 Å². The normalized spacial score (nSPS) is 13.0. The van der Waals surface area contributed by atoms with Crippen molar-refractivity contribution in [3.63, 3.8) is 0 Å². The van der Waals surface area contributed by atoms with Crippen LogP contribution in [0.5, 0.6) is 0 Å². The van der Waals surface area contributed by atoms with Crippen LogP contribution in [0, 0.1) is 13.8 Å². The third-order valence-corrected chi connectivity index (χ3v) is 2.99. The molecule has 0 aliphatic carbocycles. The summed E-state index contributed by atoms with van der Waals surface area (Å²) < 4.78 is 0. The first-order chi connectivity index (χ1) is 6.07. The highest BCUT2D eigenvalue weighted by molar-refractivity contribution is 6.20. The predicted molar refractivity (Wildman–Crippen MR) is 59.6 cm³/mol. The van der Waals surface area contributed by atoms with E-state index in [-0.39, 0.29) is 5.38 Å². The minimum atomic E-state index is 0.115. The lowest BCUT2D eigenvalue weighted by molar-refractivity contribution is 1.02. The standard InChI is InChI=1S/C12H17Cl/c1-5-11-6-7-12(10(4)13)9(3)8(11)2/h6-7,10H,5H2,1-4H3. The van der Waals surface area contributed by atoms with E-state index in [1.54, 1.807) is 0 Å². The zero-order valence-electron chi connectivity index (χ0n) is 8.82. The summed E-state index contributed by atoms with van der Waals surface area (Å²) in [5.74, 6) is 0. The Hall–Kier alpha value is -0.490. The van der Waals surface area contributed by atoms with Gasteiger partial charge in [-0.3, -0.25) is 0 Å². The van der Waals surface area contributed by atoms with Gasteiger partial charge in [-0.1, -0.05) is 19.1 Å². The van der Waals surface area contributed by atoms with E-state index in [2.05, 4.69) is 32.9 Å². The van der Waals surface area contributed by atoms with Crippen LogP contribution in [0.4, 0.5) is 0 Å². The number of hydrogen-bond acceptors (Lipinski definition) is 0. The summed E-state index contributed by atoms with van der Waals surface area (Å²) in [5.41, 5.74) is 5.43. The van der Waals surface area contributed by atoms with Crippen LogP contribution in [0.2, 0.25) is 0 Å². The highest BCUT2D eigenvalue weighted by atomic mass is 35.5. The molecule has 0 aliphatic rings. The summed E-state index contributed by atoms with van der Waals surface area (Å²) in [6, 6.07) is 4.34. The number of alkyl halides is 1. The lowest BCUT2D eigenvalue weighted by Gasteiger charge is -2.13. The van der Waals surface area contributed by atoms with E-state index < -0.39 is 0 Å². The van der Waals surface area contributed by atoms with Gasteiger partial charge in [0.1, 0.15) is 0 Å². The Morgan fingerprint density at radius 2 is 1.85 bits per heavy atom. The molecule has 1 heteroatoms. The fourth-order valence-electron chi connectivity index (χ4n) is 1.71. The summed E-state index contributed by atoms with van der Waals surface area (Å²) >= 11 is 6.08. The molecule has 0 fully saturated rings. The Morgan fingerprint density at radius 1 is 1.23 bits per heavy atom. The largest absolute Gasteiger partial charge is 0.118 e. The molecule has 1 rings (SSSR count). The third-order valence-electron chi connectivity index (χ3n) is 2.75. The molecule has 0 aromatic heterocycles. The summed E-state index contributed by atoms with van der Waals surface area (Å²) in [6.07, 6.45) is 1.10. The van der Waals surface area contributed by atoms with Gasteiger partial charge in [-0.25, -0.2) is 0 Å². The maximum absolute atomic E-state index is 6.08. The summed E-state index contributed by atoms with van der Waals surface area (Å²) in [4.78, 5) is 0. The van der Waals surface area contributed by atoms with Crippen LogP contribution in [0.15, 0.2) is 12.1 Å². The van der Waals surface area contributed by atoms with Crippen LogP contribution in [0.1, 0.15) is 41.5 Å². The number of hydrogen-bond donors (Lipinski definition) is 0. The summed E-state index contributed by atoms with van der Waals surface area (Å²) in [7, 11) is 0. The molecule has 1 atom stereocenters. The van der Waals surface area contributed by atoms with Crippen molar-refractivity contribution >= 4 is 11.6 Å². The molecule has 0 bridgehead atoms. The Labute approximate surface area is 85.9 Å². The van der Waals surface area contributed by atoms with Gasteiger partial charge in [0.15, 0.2) is 0 Å². The van der Waals surface area contributed by atoms with E-state index in [1.807, 2.05) is 6.92 Å². The van der Waals surface area contributed by atoms with Crippen molar-refractivity contribution in [1.82, 2.24) is 0 Å². The number of halogens is 1. The molecule has 0 aliphatic heterocycles. The molecular formula is C12H17Cl. The van der Waals surface area contributed by atoms with E-state index in [4.69, 9.17) is 11.6 Å². The molecule has 0 heterocycles. The van der Waals surface area contributed by atoms with Crippen molar-refractivity contribution in [3.05, 3.63) is 34.4 Å². The Kier molecular flexibility index (Phi) is 3.38. The zero-order valence-corrected chi connectivity index (χ0v) is 9.57. The Morgan fingerprint density at radius 3 is 2.31 bits per heavy atom. The Balaban J connectivity index is 3.23. The van der Waals surface area contributed by atoms with Gasteiger partial charge < -0.3 is 0 Å². The molecule has 0 saturated heterocycles. The second-order valence-corrected chi connectivity index (χ2v) is 4.19. The molecule has 13 heavy (non-hydrogen) atoms. The van der Waals surface area contributed by atoms with Crippen molar-refractivity contribution in [2.75, 3.05) is 0 Å². The molecule has 1 aromatic rings. The molecule has 0 N–H and O–H groups in total. The average molecular weight is 197 g/mol. The second kappa shape index (κ2) is 4.15. The predicted octanol–water partition coefficient (Wildman–Crippen LogP) is 4.17. The van der Waals surface area contributed by atoms with Crippen molar-refractivity contribution < 1.29 is 0 Å². The van der Waals surface area contributed by atoms with Crippen LogP contribution in [0.25, 0.3) is 0 Å². The molecule has 0 spiro atoms. The first-order valence-electron chi connectivity index (χ1n) is 4.81. The average Bonchev–Trinajstić information content (AvgIpc) is 2.09. The number of rotatable bonds is 2. The fraction of sp³-hybridized carbons (Fsp3) is 0.500. The van der Waals surface area contributed by atoms with Gasteiger partial charge in [0.2, 0.25) is 0 Å². The van der Waals surface area contributed by atoms with E-state index >= 15 is 0 Å². The highest BCUT2D eigenvalue weighted by Gasteiger charge is 2.08. The van der Waals surface area contributed by atoms with Crippen LogP contribution in [-0.2, 0) is 6.42 Å². The maximum Gasteiger partial charge on any atom is 0.0559 e. The molecule has 0 amide bonds. The monoisotopic (exact) mass is 196 g/mol. The van der Waals surface area contributed by atoms with Crippen LogP contribution in [0.3, 0.4) is 0 Å². The lowest BCUT2D eigenvalue weighted by Crippen LogP contribution is -1.96. The topological polar surface area (TPSA) is 0 Å². The van der Waals surface area contributed by atoms with Crippen LogP contribution in [-0.4, -0.2) is 0 Å². The Bertz CT molecular complexity index is 300. The van der Waals surface area contributed by atoms with Gasteiger partial charge >= 0.3 is 0 Å². The molecule has 72 valence electrons. The first-order valence-corrected chi connectivity index (χ1v) is 5.24. The summed E-state index contributed by atoms with van der Waals surface area (Å²) in [6.45, 7) is 8.54. The SMILES string of the molecule is CCc1ccc(C(C)Cl)c(C)c1C. The minimum Gasteiger partial charge on any atom is -0.118 e. The number of benzene rings is 1. The van der Waals surface area contributed by atoms with Crippen molar-refractivity contribution in [1.29, 1.82) is 0 Å². The third kappa shape index (κ3) is 2.05. The van der Waals surface area contributed by atoms with Gasteiger partial charge in [-0.15, -0.1) is 11.6 Å². The summed E-state index contributed by atoms with van der Waals surface area (Å²) in [5, 5.41) is 0.115. The molecule has 1 aromatic carbocycles. The van der Waals surface area contributed by atoms with Crippen molar-refractivity contribution in [3.8, 4) is 0 Å². The zero-order chi connectivity index (χ0) is 10.0. The first kappa shape index (κ1) is 10.6. The minimum absolute atomic E-state index is 0.115. The van der Waals surface area contributed by atoms with Gasteiger partial charge in [-0.05, 0) is 49.4 Å². The van der Waals surface area contributed by atoms with E-state index in [0.29, 0.717) is 0 Å². The molecule has 1 unspecified atom stereocenters. The van der Waals surface area contributed by atoms with Gasteiger partial charge in [0.05, 0.1) is 5.38 Å². The quantitative estimate of drug-likeness (QED) is 0.623. The second-order valence-electron chi connectivity index (χ2n) is 3.53. The van der Waals surface area contributed by atoms with Gasteiger partial charge in [0.25, 0.3) is 0 Å². The highest BCUT2D eigenvalue weighted by Crippen LogP contribution is 2.27. The van der Waals surface area contributed by atoms with Crippen molar-refractivity contribution in [2.24, 2.45) is 0 Å². The van der Waals surface area contributed by atoms with Gasteiger partial charge in [0, 0.05) is 0 Å². The van der Waals surface area contributed by atoms with Crippen molar-refractivity contribution in [2.45, 2.75) is 39.5 Å². The molecule has 0 nitrogen and oxygen atoms in total. The molecular weight excluding hydrogens is 180 g/mol. The fourth-order valence-corrected chi connectivity index (χ4v) is 1.95. The van der Waals surface area contributed by atoms with Crippen LogP contribution >= 0.6 is 11.6 Å². The molecule has 0 saturated carbocycles.